The molecule has 0 radical (unpaired) electrons. The van der Waals surface area contributed by atoms with E-state index in [4.69, 9.17) is 5.84 Å². The smallest absolute Gasteiger partial charge is 0.239 e. The van der Waals surface area contributed by atoms with Crippen LogP contribution in [0.1, 0.15) is 0 Å². The molecule has 1 aromatic rings. The third kappa shape index (κ3) is 3.98. The van der Waals surface area contributed by atoms with Gasteiger partial charge in [-0.1, -0.05) is 0 Å². The lowest BCUT2D eigenvalue weighted by atomic mass is 10.4. The Morgan fingerprint density at radius 1 is 1.44 bits per heavy atom. The normalized spacial score (nSPS) is 16.6. The van der Waals surface area contributed by atoms with Crippen LogP contribution < -0.4 is 16.6 Å². The van der Waals surface area contributed by atoms with Gasteiger partial charge in [-0.05, 0) is 15.9 Å². The Balaban J connectivity index is 1.81. The van der Waals surface area contributed by atoms with Gasteiger partial charge in [-0.15, -0.1) is 0 Å². The Labute approximate surface area is 119 Å². The van der Waals surface area contributed by atoms with E-state index in [1.54, 1.807) is 6.20 Å². The van der Waals surface area contributed by atoms with Crippen molar-refractivity contribution in [3.8, 4) is 0 Å². The van der Waals surface area contributed by atoms with Crippen LogP contribution in [-0.4, -0.2) is 52.6 Å². The monoisotopic (exact) mass is 332 g/mol. The Bertz CT molecular complexity index is 385. The van der Waals surface area contributed by atoms with E-state index < -0.39 is 0 Å². The van der Waals surface area contributed by atoms with E-state index >= 15 is 0 Å². The maximum atomic E-state index is 5.29. The molecule has 100 valence electrons. The molecule has 2 heterocycles. The van der Waals surface area contributed by atoms with Gasteiger partial charge in [0.2, 0.25) is 5.95 Å². The van der Waals surface area contributed by atoms with Gasteiger partial charge in [-0.2, -0.15) is 16.7 Å². The van der Waals surface area contributed by atoms with Crippen LogP contribution in [-0.2, 0) is 0 Å². The number of aromatic nitrogens is 2. The fourth-order valence-corrected chi connectivity index (χ4v) is 3.03. The van der Waals surface area contributed by atoms with Crippen molar-refractivity contribution in [1.29, 1.82) is 0 Å². The highest BCUT2D eigenvalue weighted by atomic mass is 79.9. The molecule has 18 heavy (non-hydrogen) atoms. The first-order valence-electron chi connectivity index (χ1n) is 5.82. The van der Waals surface area contributed by atoms with Crippen LogP contribution in [0, 0.1) is 0 Å². The van der Waals surface area contributed by atoms with Gasteiger partial charge in [-0.25, -0.2) is 10.8 Å². The second kappa shape index (κ2) is 7.13. The number of rotatable bonds is 5. The fraction of sp³-hybridized carbons (Fsp3) is 0.600. The molecule has 0 atom stereocenters. The van der Waals surface area contributed by atoms with E-state index in [0.29, 0.717) is 5.95 Å². The second-order valence-electron chi connectivity index (χ2n) is 3.92. The molecule has 1 aliphatic heterocycles. The summed E-state index contributed by atoms with van der Waals surface area (Å²) in [6.45, 7) is 4.24. The summed E-state index contributed by atoms with van der Waals surface area (Å²) in [5, 5.41) is 3.29. The summed E-state index contributed by atoms with van der Waals surface area (Å²) < 4.78 is 0.843. The maximum absolute atomic E-state index is 5.29. The zero-order valence-corrected chi connectivity index (χ0v) is 12.4. The topological polar surface area (TPSA) is 79.1 Å². The molecule has 0 saturated carbocycles. The minimum Gasteiger partial charge on any atom is -0.368 e. The van der Waals surface area contributed by atoms with Gasteiger partial charge in [0.05, 0.1) is 4.47 Å². The van der Waals surface area contributed by atoms with E-state index in [2.05, 4.69) is 41.5 Å². The van der Waals surface area contributed by atoms with Gasteiger partial charge in [0.15, 0.2) is 0 Å². The SMILES string of the molecule is NNc1ncc(Br)c(NCCN2CCSCC2)n1. The summed E-state index contributed by atoms with van der Waals surface area (Å²) in [4.78, 5) is 10.7. The number of nitrogens with one attached hydrogen (secondary N) is 2. The summed E-state index contributed by atoms with van der Waals surface area (Å²) in [5.41, 5.74) is 2.44. The zero-order chi connectivity index (χ0) is 12.8. The lowest BCUT2D eigenvalue weighted by molar-refractivity contribution is 0.314. The summed E-state index contributed by atoms with van der Waals surface area (Å²) in [6.07, 6.45) is 1.68. The Hall–Kier alpha value is -0.570. The molecule has 6 nitrogen and oxygen atoms in total. The quantitative estimate of drug-likeness (QED) is 0.548. The minimum absolute atomic E-state index is 0.412. The van der Waals surface area contributed by atoms with Gasteiger partial charge in [-0.3, -0.25) is 10.3 Å². The Morgan fingerprint density at radius 3 is 2.94 bits per heavy atom. The largest absolute Gasteiger partial charge is 0.368 e. The molecule has 0 amide bonds. The number of hydrazine groups is 1. The van der Waals surface area contributed by atoms with Crippen molar-refractivity contribution in [2.75, 3.05) is 48.4 Å². The third-order valence-corrected chi connectivity index (χ3v) is 4.22. The van der Waals surface area contributed by atoms with Gasteiger partial charge < -0.3 is 5.32 Å². The van der Waals surface area contributed by atoms with Crippen LogP contribution >= 0.6 is 27.7 Å². The number of nitrogens with zero attached hydrogens (tertiary/aromatic N) is 3. The number of halogens is 1. The van der Waals surface area contributed by atoms with Crippen molar-refractivity contribution in [3.63, 3.8) is 0 Å². The number of hydrogen-bond acceptors (Lipinski definition) is 7. The van der Waals surface area contributed by atoms with Crippen LogP contribution in [0.15, 0.2) is 10.7 Å². The van der Waals surface area contributed by atoms with E-state index in [0.717, 1.165) is 23.4 Å². The standard InChI is InChI=1S/C10H17BrN6S/c11-8-7-14-10(16-12)15-9(8)13-1-2-17-3-5-18-6-4-17/h7H,1-6,12H2,(H2,13,14,15,16). The molecular weight excluding hydrogens is 316 g/mol. The number of nitrogens with two attached hydrogens (primary N) is 1. The van der Waals surface area contributed by atoms with Crippen LogP contribution in [0.25, 0.3) is 0 Å². The maximum Gasteiger partial charge on any atom is 0.239 e. The Kier molecular flexibility index (Phi) is 5.48. The number of hydrogen-bond donors (Lipinski definition) is 3. The lowest BCUT2D eigenvalue weighted by Gasteiger charge is -2.26. The van der Waals surface area contributed by atoms with E-state index in [1.165, 1.54) is 24.6 Å². The summed E-state index contributed by atoms with van der Waals surface area (Å²) in [5.74, 6) is 8.93. The van der Waals surface area contributed by atoms with E-state index in [1.807, 2.05) is 11.8 Å². The minimum atomic E-state index is 0.412. The molecule has 1 fully saturated rings. The van der Waals surface area contributed by atoms with Crippen molar-refractivity contribution in [3.05, 3.63) is 10.7 Å². The molecule has 0 aromatic carbocycles. The van der Waals surface area contributed by atoms with Gasteiger partial charge in [0, 0.05) is 43.9 Å². The molecule has 0 bridgehead atoms. The molecule has 1 aromatic heterocycles. The van der Waals surface area contributed by atoms with Crippen LogP contribution in [0.5, 0.6) is 0 Å². The average molecular weight is 333 g/mol. The highest BCUT2D eigenvalue weighted by Crippen LogP contribution is 2.19. The molecule has 0 unspecified atom stereocenters. The Morgan fingerprint density at radius 2 is 2.22 bits per heavy atom. The number of nitrogen functional groups attached to an aromatic ring is 1. The number of thioether (sulfide) groups is 1. The first-order valence-corrected chi connectivity index (χ1v) is 7.77. The van der Waals surface area contributed by atoms with Crippen molar-refractivity contribution in [1.82, 2.24) is 14.9 Å². The van der Waals surface area contributed by atoms with Crippen LogP contribution in [0.2, 0.25) is 0 Å². The lowest BCUT2D eigenvalue weighted by Crippen LogP contribution is -2.36. The zero-order valence-electron chi connectivity index (χ0n) is 10.0. The highest BCUT2D eigenvalue weighted by Gasteiger charge is 2.10. The van der Waals surface area contributed by atoms with Gasteiger partial charge in [0.25, 0.3) is 0 Å². The number of anilines is 2. The van der Waals surface area contributed by atoms with E-state index in [9.17, 15) is 0 Å². The molecule has 1 saturated heterocycles. The third-order valence-electron chi connectivity index (χ3n) is 2.70. The van der Waals surface area contributed by atoms with Gasteiger partial charge >= 0.3 is 0 Å². The molecule has 0 spiro atoms. The fourth-order valence-electron chi connectivity index (χ4n) is 1.72. The molecule has 0 aliphatic carbocycles. The summed E-state index contributed by atoms with van der Waals surface area (Å²) >= 11 is 5.44. The van der Waals surface area contributed by atoms with E-state index in [-0.39, 0.29) is 0 Å². The predicted molar refractivity (Wildman–Crippen MR) is 79.8 cm³/mol. The van der Waals surface area contributed by atoms with Crippen molar-refractivity contribution < 1.29 is 0 Å². The van der Waals surface area contributed by atoms with Gasteiger partial charge in [0.1, 0.15) is 5.82 Å². The first kappa shape index (κ1) is 13.9. The average Bonchev–Trinajstić information content (AvgIpc) is 2.42. The molecule has 2 rings (SSSR count). The second-order valence-corrected chi connectivity index (χ2v) is 5.99. The molecule has 4 N–H and O–H groups in total. The van der Waals surface area contributed by atoms with Crippen LogP contribution in [0.3, 0.4) is 0 Å². The van der Waals surface area contributed by atoms with Crippen molar-refractivity contribution >= 4 is 39.5 Å². The highest BCUT2D eigenvalue weighted by molar-refractivity contribution is 9.10. The summed E-state index contributed by atoms with van der Waals surface area (Å²) in [7, 11) is 0. The first-order chi connectivity index (χ1) is 8.79. The van der Waals surface area contributed by atoms with Crippen molar-refractivity contribution in [2.45, 2.75) is 0 Å². The summed E-state index contributed by atoms with van der Waals surface area (Å²) in [6, 6.07) is 0. The molecule has 1 aliphatic rings. The predicted octanol–water partition coefficient (Wildman–Crippen LogP) is 0.985. The van der Waals surface area contributed by atoms with Crippen LogP contribution in [0.4, 0.5) is 11.8 Å². The van der Waals surface area contributed by atoms with Crippen molar-refractivity contribution in [2.24, 2.45) is 5.84 Å². The molecular formula is C10H17BrN6S. The molecule has 8 heteroatoms.